The molecule has 2 rings (SSSR count). The SMILES string of the molecule is Nc1cccc(OCC(=O)OCC(=O)NCC2CC2)c1. The van der Waals surface area contributed by atoms with E-state index in [0.29, 0.717) is 23.9 Å². The van der Waals surface area contributed by atoms with Gasteiger partial charge in [0.05, 0.1) is 0 Å². The van der Waals surface area contributed by atoms with E-state index in [4.69, 9.17) is 15.2 Å². The summed E-state index contributed by atoms with van der Waals surface area (Å²) in [6, 6.07) is 6.73. The van der Waals surface area contributed by atoms with Crippen LogP contribution in [0, 0.1) is 5.92 Å². The summed E-state index contributed by atoms with van der Waals surface area (Å²) < 4.78 is 10.0. The van der Waals surface area contributed by atoms with E-state index in [1.165, 1.54) is 0 Å². The molecule has 0 heterocycles. The molecular formula is C14H18N2O4. The number of anilines is 1. The molecular weight excluding hydrogens is 260 g/mol. The standard InChI is InChI=1S/C14H18N2O4/c15-11-2-1-3-12(6-11)19-9-14(18)20-8-13(17)16-7-10-4-5-10/h1-3,6,10H,4-5,7-9,15H2,(H,16,17). The van der Waals surface area contributed by atoms with Gasteiger partial charge in [0, 0.05) is 18.3 Å². The van der Waals surface area contributed by atoms with Crippen molar-refractivity contribution in [2.75, 3.05) is 25.5 Å². The Balaban J connectivity index is 1.60. The molecule has 1 aliphatic rings. The lowest BCUT2D eigenvalue weighted by Gasteiger charge is -2.08. The second kappa shape index (κ2) is 6.79. The molecule has 1 aromatic rings. The minimum atomic E-state index is -0.589. The maximum atomic E-state index is 11.4. The summed E-state index contributed by atoms with van der Waals surface area (Å²) in [7, 11) is 0. The van der Waals surface area contributed by atoms with Gasteiger partial charge in [0.2, 0.25) is 0 Å². The second-order valence-electron chi connectivity index (χ2n) is 4.77. The summed E-state index contributed by atoms with van der Waals surface area (Å²) in [5.74, 6) is 0.213. The third-order valence-electron chi connectivity index (χ3n) is 2.86. The molecule has 1 fully saturated rings. The largest absolute Gasteiger partial charge is 0.482 e. The Hall–Kier alpha value is -2.24. The molecule has 0 radical (unpaired) electrons. The molecule has 1 aromatic carbocycles. The molecule has 108 valence electrons. The minimum absolute atomic E-state index is 0.251. The maximum Gasteiger partial charge on any atom is 0.344 e. The minimum Gasteiger partial charge on any atom is -0.482 e. The lowest BCUT2D eigenvalue weighted by Crippen LogP contribution is -2.31. The van der Waals surface area contributed by atoms with Gasteiger partial charge in [0.1, 0.15) is 5.75 Å². The van der Waals surface area contributed by atoms with Crippen molar-refractivity contribution < 1.29 is 19.1 Å². The fourth-order valence-corrected chi connectivity index (χ4v) is 1.57. The monoisotopic (exact) mass is 278 g/mol. The molecule has 0 spiro atoms. The second-order valence-corrected chi connectivity index (χ2v) is 4.77. The number of hydrogen-bond donors (Lipinski definition) is 2. The number of benzene rings is 1. The van der Waals surface area contributed by atoms with Crippen molar-refractivity contribution >= 4 is 17.6 Å². The van der Waals surface area contributed by atoms with Crippen LogP contribution in [0.5, 0.6) is 5.75 Å². The zero-order chi connectivity index (χ0) is 14.4. The lowest BCUT2D eigenvalue weighted by molar-refractivity contribution is -0.150. The number of carbonyl (C=O) groups is 2. The van der Waals surface area contributed by atoms with Crippen LogP contribution >= 0.6 is 0 Å². The van der Waals surface area contributed by atoms with Crippen molar-refractivity contribution in [1.29, 1.82) is 0 Å². The van der Waals surface area contributed by atoms with E-state index in [1.807, 2.05) is 0 Å². The van der Waals surface area contributed by atoms with Crippen molar-refractivity contribution in [2.24, 2.45) is 5.92 Å². The Morgan fingerprint density at radius 2 is 2.10 bits per heavy atom. The van der Waals surface area contributed by atoms with Crippen LogP contribution in [0.3, 0.4) is 0 Å². The molecule has 1 saturated carbocycles. The van der Waals surface area contributed by atoms with E-state index in [-0.39, 0.29) is 19.1 Å². The van der Waals surface area contributed by atoms with Gasteiger partial charge in [-0.1, -0.05) is 6.07 Å². The predicted molar refractivity (Wildman–Crippen MR) is 73.0 cm³/mol. The molecule has 1 amide bonds. The van der Waals surface area contributed by atoms with Crippen molar-refractivity contribution in [1.82, 2.24) is 5.32 Å². The van der Waals surface area contributed by atoms with E-state index < -0.39 is 5.97 Å². The van der Waals surface area contributed by atoms with Crippen molar-refractivity contribution in [3.63, 3.8) is 0 Å². The van der Waals surface area contributed by atoms with Gasteiger partial charge in [-0.15, -0.1) is 0 Å². The number of hydrogen-bond acceptors (Lipinski definition) is 5. The third kappa shape index (κ3) is 5.17. The summed E-state index contributed by atoms with van der Waals surface area (Å²) in [4.78, 5) is 22.8. The third-order valence-corrected chi connectivity index (χ3v) is 2.86. The van der Waals surface area contributed by atoms with Gasteiger partial charge in [-0.25, -0.2) is 4.79 Å². The molecule has 1 aliphatic carbocycles. The topological polar surface area (TPSA) is 90.7 Å². The number of nitrogen functional groups attached to an aromatic ring is 1. The summed E-state index contributed by atoms with van der Waals surface area (Å²) >= 11 is 0. The van der Waals surface area contributed by atoms with E-state index in [2.05, 4.69) is 5.32 Å². The Morgan fingerprint density at radius 3 is 2.80 bits per heavy atom. The van der Waals surface area contributed by atoms with Crippen LogP contribution in [0.25, 0.3) is 0 Å². The zero-order valence-corrected chi connectivity index (χ0v) is 11.1. The molecule has 0 aromatic heterocycles. The number of ether oxygens (including phenoxy) is 2. The molecule has 0 aliphatic heterocycles. The summed E-state index contributed by atoms with van der Waals surface area (Å²) in [6.45, 7) is 0.140. The molecule has 0 saturated heterocycles. The van der Waals surface area contributed by atoms with Crippen LogP contribution in [0.1, 0.15) is 12.8 Å². The summed E-state index contributed by atoms with van der Waals surface area (Å²) in [5.41, 5.74) is 6.13. The molecule has 0 atom stereocenters. The predicted octanol–water partition coefficient (Wildman–Crippen LogP) is 0.717. The fourth-order valence-electron chi connectivity index (χ4n) is 1.57. The first kappa shape index (κ1) is 14.2. The van der Waals surface area contributed by atoms with Gasteiger partial charge in [-0.05, 0) is 30.9 Å². The molecule has 6 heteroatoms. The number of carbonyl (C=O) groups excluding carboxylic acids is 2. The Kier molecular flexibility index (Phi) is 4.81. The highest BCUT2D eigenvalue weighted by Crippen LogP contribution is 2.27. The Morgan fingerprint density at radius 1 is 1.30 bits per heavy atom. The van der Waals surface area contributed by atoms with E-state index in [9.17, 15) is 9.59 Å². The molecule has 20 heavy (non-hydrogen) atoms. The first-order valence-corrected chi connectivity index (χ1v) is 6.54. The van der Waals surface area contributed by atoms with Gasteiger partial charge < -0.3 is 20.5 Å². The smallest absolute Gasteiger partial charge is 0.344 e. The normalized spacial score (nSPS) is 13.6. The van der Waals surface area contributed by atoms with Crippen LogP contribution in [0.4, 0.5) is 5.69 Å². The number of nitrogens with one attached hydrogen (secondary N) is 1. The lowest BCUT2D eigenvalue weighted by atomic mass is 10.3. The van der Waals surface area contributed by atoms with Gasteiger partial charge in [-0.3, -0.25) is 4.79 Å². The van der Waals surface area contributed by atoms with Crippen molar-refractivity contribution in [3.8, 4) is 5.75 Å². The van der Waals surface area contributed by atoms with Crippen LogP contribution in [0.2, 0.25) is 0 Å². The summed E-state index contributed by atoms with van der Waals surface area (Å²) in [6.07, 6.45) is 2.32. The summed E-state index contributed by atoms with van der Waals surface area (Å²) in [5, 5.41) is 2.71. The zero-order valence-electron chi connectivity index (χ0n) is 11.1. The van der Waals surface area contributed by atoms with Gasteiger partial charge in [0.25, 0.3) is 5.91 Å². The fraction of sp³-hybridized carbons (Fsp3) is 0.429. The number of nitrogens with two attached hydrogens (primary N) is 1. The number of rotatable bonds is 7. The van der Waals surface area contributed by atoms with Crippen LogP contribution in [-0.4, -0.2) is 31.6 Å². The molecule has 6 nitrogen and oxygen atoms in total. The van der Waals surface area contributed by atoms with Gasteiger partial charge in [-0.2, -0.15) is 0 Å². The highest BCUT2D eigenvalue weighted by atomic mass is 16.6. The van der Waals surface area contributed by atoms with E-state index in [0.717, 1.165) is 12.8 Å². The highest BCUT2D eigenvalue weighted by Gasteiger charge is 2.21. The molecule has 3 N–H and O–H groups in total. The molecule has 0 unspecified atom stereocenters. The molecule has 0 bridgehead atoms. The van der Waals surface area contributed by atoms with Crippen LogP contribution in [-0.2, 0) is 14.3 Å². The van der Waals surface area contributed by atoms with E-state index >= 15 is 0 Å². The first-order valence-electron chi connectivity index (χ1n) is 6.54. The first-order chi connectivity index (χ1) is 9.63. The van der Waals surface area contributed by atoms with Gasteiger partial charge in [0.15, 0.2) is 13.2 Å². The van der Waals surface area contributed by atoms with E-state index in [1.54, 1.807) is 24.3 Å². The number of amides is 1. The van der Waals surface area contributed by atoms with Crippen molar-refractivity contribution in [2.45, 2.75) is 12.8 Å². The van der Waals surface area contributed by atoms with Crippen LogP contribution < -0.4 is 15.8 Å². The Labute approximate surface area is 117 Å². The Bertz CT molecular complexity index is 486. The number of esters is 1. The van der Waals surface area contributed by atoms with Gasteiger partial charge >= 0.3 is 5.97 Å². The quantitative estimate of drug-likeness (QED) is 0.566. The average Bonchev–Trinajstić information content (AvgIpc) is 3.25. The van der Waals surface area contributed by atoms with Crippen LogP contribution in [0.15, 0.2) is 24.3 Å². The van der Waals surface area contributed by atoms with Crippen molar-refractivity contribution in [3.05, 3.63) is 24.3 Å². The highest BCUT2D eigenvalue weighted by molar-refractivity contribution is 5.80. The maximum absolute atomic E-state index is 11.4. The average molecular weight is 278 g/mol.